The number of pyridine rings is 1. The first-order chi connectivity index (χ1) is 9.16. The van der Waals surface area contributed by atoms with Crippen LogP contribution in [0.3, 0.4) is 0 Å². The highest BCUT2D eigenvalue weighted by atomic mass is 16.5. The van der Waals surface area contributed by atoms with E-state index in [2.05, 4.69) is 4.98 Å². The first-order valence-electron chi connectivity index (χ1n) is 6.26. The molecule has 0 amide bonds. The summed E-state index contributed by atoms with van der Waals surface area (Å²) in [7, 11) is 3.98. The van der Waals surface area contributed by atoms with Crippen LogP contribution in [0.4, 0.5) is 11.4 Å². The van der Waals surface area contributed by atoms with Crippen LogP contribution < -0.4 is 15.4 Å². The number of aromatic nitrogens is 1. The quantitative estimate of drug-likeness (QED) is 0.835. The summed E-state index contributed by atoms with van der Waals surface area (Å²) >= 11 is 0. The van der Waals surface area contributed by atoms with E-state index >= 15 is 0 Å². The van der Waals surface area contributed by atoms with Crippen molar-refractivity contribution in [1.82, 2.24) is 4.98 Å². The Labute approximate surface area is 113 Å². The molecule has 4 nitrogen and oxygen atoms in total. The van der Waals surface area contributed by atoms with Gasteiger partial charge >= 0.3 is 0 Å². The first-order valence-corrected chi connectivity index (χ1v) is 6.26. The van der Waals surface area contributed by atoms with Gasteiger partial charge in [0, 0.05) is 44.2 Å². The SMILES string of the molecule is CN(C)c1ccc(N)c(OCCc2ccccn2)c1. The third kappa shape index (κ3) is 3.61. The zero-order valence-electron chi connectivity index (χ0n) is 11.3. The smallest absolute Gasteiger partial charge is 0.144 e. The van der Waals surface area contributed by atoms with Gasteiger partial charge in [0.25, 0.3) is 0 Å². The monoisotopic (exact) mass is 257 g/mol. The lowest BCUT2D eigenvalue weighted by atomic mass is 10.2. The Morgan fingerprint density at radius 2 is 2.05 bits per heavy atom. The van der Waals surface area contributed by atoms with Gasteiger partial charge in [-0.2, -0.15) is 0 Å². The van der Waals surface area contributed by atoms with Gasteiger partial charge in [0.2, 0.25) is 0 Å². The fourth-order valence-electron chi connectivity index (χ4n) is 1.74. The summed E-state index contributed by atoms with van der Waals surface area (Å²) in [6, 6.07) is 11.7. The summed E-state index contributed by atoms with van der Waals surface area (Å²) in [5.74, 6) is 0.724. The van der Waals surface area contributed by atoms with Crippen molar-refractivity contribution in [2.75, 3.05) is 31.3 Å². The average Bonchev–Trinajstić information content (AvgIpc) is 2.42. The molecule has 0 spiro atoms. The molecule has 0 radical (unpaired) electrons. The Bertz CT molecular complexity index is 526. The Morgan fingerprint density at radius 3 is 2.74 bits per heavy atom. The highest BCUT2D eigenvalue weighted by Crippen LogP contribution is 2.26. The summed E-state index contributed by atoms with van der Waals surface area (Å²) in [4.78, 5) is 6.28. The van der Waals surface area contributed by atoms with Gasteiger partial charge < -0.3 is 15.4 Å². The van der Waals surface area contributed by atoms with Crippen LogP contribution in [-0.2, 0) is 6.42 Å². The van der Waals surface area contributed by atoms with Crippen molar-refractivity contribution in [3.05, 3.63) is 48.3 Å². The summed E-state index contributed by atoms with van der Waals surface area (Å²) in [5, 5.41) is 0. The van der Waals surface area contributed by atoms with E-state index in [4.69, 9.17) is 10.5 Å². The van der Waals surface area contributed by atoms with Crippen molar-refractivity contribution in [1.29, 1.82) is 0 Å². The van der Waals surface area contributed by atoms with Crippen LogP contribution in [-0.4, -0.2) is 25.7 Å². The van der Waals surface area contributed by atoms with Crippen molar-refractivity contribution in [3.63, 3.8) is 0 Å². The van der Waals surface area contributed by atoms with E-state index in [1.54, 1.807) is 6.20 Å². The number of benzene rings is 1. The number of nitrogen functional groups attached to an aromatic ring is 1. The number of nitrogens with two attached hydrogens (primary N) is 1. The van der Waals surface area contributed by atoms with E-state index in [1.807, 2.05) is 55.4 Å². The number of hydrogen-bond donors (Lipinski definition) is 1. The van der Waals surface area contributed by atoms with Crippen LogP contribution >= 0.6 is 0 Å². The molecule has 0 atom stereocenters. The molecule has 0 aliphatic rings. The van der Waals surface area contributed by atoms with Gasteiger partial charge in [-0.1, -0.05) is 6.07 Å². The van der Waals surface area contributed by atoms with Gasteiger partial charge in [0.05, 0.1) is 12.3 Å². The first kappa shape index (κ1) is 13.2. The molecule has 0 aliphatic carbocycles. The molecule has 1 heterocycles. The molecular formula is C15H19N3O. The van der Waals surface area contributed by atoms with E-state index in [9.17, 15) is 0 Å². The predicted molar refractivity (Wildman–Crippen MR) is 78.6 cm³/mol. The van der Waals surface area contributed by atoms with Crippen molar-refractivity contribution in [2.45, 2.75) is 6.42 Å². The van der Waals surface area contributed by atoms with E-state index in [-0.39, 0.29) is 0 Å². The van der Waals surface area contributed by atoms with Crippen molar-refractivity contribution >= 4 is 11.4 Å². The van der Waals surface area contributed by atoms with Gasteiger partial charge in [-0.05, 0) is 24.3 Å². The maximum absolute atomic E-state index is 5.91. The molecule has 2 N–H and O–H groups in total. The number of anilines is 2. The fraction of sp³-hybridized carbons (Fsp3) is 0.267. The summed E-state index contributed by atoms with van der Waals surface area (Å²) in [5.41, 5.74) is 8.66. The minimum Gasteiger partial charge on any atom is -0.491 e. The molecule has 0 aliphatic heterocycles. The second-order valence-electron chi connectivity index (χ2n) is 4.54. The third-order valence-corrected chi connectivity index (χ3v) is 2.86. The van der Waals surface area contributed by atoms with Crippen molar-refractivity contribution < 1.29 is 4.74 Å². The molecule has 0 saturated carbocycles. The number of ether oxygens (including phenoxy) is 1. The Morgan fingerprint density at radius 1 is 1.21 bits per heavy atom. The van der Waals surface area contributed by atoms with Crippen LogP contribution in [0.5, 0.6) is 5.75 Å². The van der Waals surface area contributed by atoms with Gasteiger partial charge in [-0.25, -0.2) is 0 Å². The van der Waals surface area contributed by atoms with Gasteiger partial charge in [-0.15, -0.1) is 0 Å². The van der Waals surface area contributed by atoms with Crippen LogP contribution in [0.1, 0.15) is 5.69 Å². The normalized spacial score (nSPS) is 10.2. The fourth-order valence-corrected chi connectivity index (χ4v) is 1.74. The second-order valence-corrected chi connectivity index (χ2v) is 4.54. The molecule has 100 valence electrons. The Balaban J connectivity index is 1.97. The lowest BCUT2D eigenvalue weighted by molar-refractivity contribution is 0.322. The Kier molecular flexibility index (Phi) is 4.23. The molecule has 0 unspecified atom stereocenters. The van der Waals surface area contributed by atoms with Crippen LogP contribution in [0.2, 0.25) is 0 Å². The van der Waals surface area contributed by atoms with Crippen LogP contribution in [0.25, 0.3) is 0 Å². The lowest BCUT2D eigenvalue weighted by Gasteiger charge is -2.15. The number of nitrogens with zero attached hydrogens (tertiary/aromatic N) is 2. The molecule has 1 aromatic carbocycles. The Hall–Kier alpha value is -2.23. The van der Waals surface area contributed by atoms with E-state index in [0.717, 1.165) is 23.6 Å². The molecule has 2 rings (SSSR count). The van der Waals surface area contributed by atoms with Gasteiger partial charge in [0.1, 0.15) is 5.75 Å². The minimum absolute atomic E-state index is 0.568. The molecule has 0 saturated heterocycles. The standard InChI is InChI=1S/C15H19N3O/c1-18(2)13-6-7-14(16)15(11-13)19-10-8-12-5-3-4-9-17-12/h3-7,9,11H,8,10,16H2,1-2H3. The largest absolute Gasteiger partial charge is 0.491 e. The topological polar surface area (TPSA) is 51.4 Å². The van der Waals surface area contributed by atoms with Crippen molar-refractivity contribution in [3.8, 4) is 5.75 Å². The van der Waals surface area contributed by atoms with Crippen molar-refractivity contribution in [2.24, 2.45) is 0 Å². The number of rotatable bonds is 5. The van der Waals surface area contributed by atoms with Crippen LogP contribution in [0.15, 0.2) is 42.6 Å². The van der Waals surface area contributed by atoms with E-state index in [1.165, 1.54) is 0 Å². The molecule has 0 bridgehead atoms. The summed E-state index contributed by atoms with van der Waals surface area (Å²) < 4.78 is 5.74. The third-order valence-electron chi connectivity index (χ3n) is 2.86. The predicted octanol–water partition coefficient (Wildman–Crippen LogP) is 2.35. The molecule has 2 aromatic rings. The average molecular weight is 257 g/mol. The highest BCUT2D eigenvalue weighted by Gasteiger charge is 2.04. The maximum Gasteiger partial charge on any atom is 0.144 e. The minimum atomic E-state index is 0.568. The van der Waals surface area contributed by atoms with Gasteiger partial charge in [-0.3, -0.25) is 4.98 Å². The van der Waals surface area contributed by atoms with Crippen LogP contribution in [0, 0.1) is 0 Å². The molecule has 0 fully saturated rings. The zero-order chi connectivity index (χ0) is 13.7. The summed E-state index contributed by atoms with van der Waals surface area (Å²) in [6.45, 7) is 0.568. The molecular weight excluding hydrogens is 238 g/mol. The molecule has 1 aromatic heterocycles. The molecule has 19 heavy (non-hydrogen) atoms. The van der Waals surface area contributed by atoms with E-state index in [0.29, 0.717) is 12.3 Å². The zero-order valence-corrected chi connectivity index (χ0v) is 11.3. The lowest BCUT2D eigenvalue weighted by Crippen LogP contribution is -2.10. The molecule has 4 heteroatoms. The second kappa shape index (κ2) is 6.09. The number of hydrogen-bond acceptors (Lipinski definition) is 4. The maximum atomic E-state index is 5.91. The highest BCUT2D eigenvalue weighted by molar-refractivity contribution is 5.61. The van der Waals surface area contributed by atoms with E-state index < -0.39 is 0 Å². The van der Waals surface area contributed by atoms with Gasteiger partial charge in [0.15, 0.2) is 0 Å². The summed E-state index contributed by atoms with van der Waals surface area (Å²) in [6.07, 6.45) is 2.56.